The van der Waals surface area contributed by atoms with Crippen LogP contribution in [0.4, 0.5) is 0 Å². The Labute approximate surface area is 133 Å². The summed E-state index contributed by atoms with van der Waals surface area (Å²) in [6.45, 7) is 6.31. The van der Waals surface area contributed by atoms with Gasteiger partial charge in [0.1, 0.15) is 0 Å². The molecule has 1 atom stereocenters. The summed E-state index contributed by atoms with van der Waals surface area (Å²) in [5.41, 5.74) is 1.24. The number of aryl methyl sites for hydroxylation is 1. The van der Waals surface area contributed by atoms with Gasteiger partial charge in [-0.05, 0) is 49.7 Å². The number of hydrogen-bond donors (Lipinski definition) is 1. The highest BCUT2D eigenvalue weighted by Crippen LogP contribution is 2.34. The number of aromatic nitrogens is 2. The van der Waals surface area contributed by atoms with Crippen LogP contribution in [0.25, 0.3) is 0 Å². The van der Waals surface area contributed by atoms with E-state index < -0.39 is 0 Å². The molecule has 0 aliphatic carbocycles. The third kappa shape index (κ3) is 4.39. The van der Waals surface area contributed by atoms with E-state index in [2.05, 4.69) is 40.7 Å². The molecule has 2 rings (SSSR count). The van der Waals surface area contributed by atoms with E-state index in [0.29, 0.717) is 6.04 Å². The Balaban J connectivity index is 2.17. The monoisotopic (exact) mass is 311 g/mol. The Kier molecular flexibility index (Phi) is 6.90. The van der Waals surface area contributed by atoms with Crippen LogP contribution in [0.5, 0.6) is 5.75 Å². The molecule has 0 amide bonds. The summed E-state index contributed by atoms with van der Waals surface area (Å²) in [7, 11) is 1.75. The van der Waals surface area contributed by atoms with Gasteiger partial charge in [0.15, 0.2) is 5.75 Å². The zero-order valence-corrected chi connectivity index (χ0v) is 14.4. The molecule has 5 heteroatoms. The Bertz CT molecular complexity index is 416. The van der Waals surface area contributed by atoms with Gasteiger partial charge in [0, 0.05) is 6.54 Å². The van der Waals surface area contributed by atoms with E-state index in [9.17, 15) is 0 Å². The van der Waals surface area contributed by atoms with E-state index in [-0.39, 0.29) is 0 Å². The molecular weight excluding hydrogens is 282 g/mol. The zero-order chi connectivity index (χ0) is 15.1. The van der Waals surface area contributed by atoms with Crippen molar-refractivity contribution in [1.29, 1.82) is 0 Å². The van der Waals surface area contributed by atoms with Gasteiger partial charge in [-0.25, -0.2) is 0 Å². The Morgan fingerprint density at radius 1 is 1.43 bits per heavy atom. The summed E-state index contributed by atoms with van der Waals surface area (Å²) in [5, 5.41) is 8.18. The molecule has 1 aromatic heterocycles. The van der Waals surface area contributed by atoms with Crippen molar-refractivity contribution in [2.45, 2.75) is 52.1 Å². The number of methoxy groups -OCH3 is 1. The minimum absolute atomic E-state index is 0.354. The molecular formula is C16H29N3OS. The minimum atomic E-state index is 0.354. The number of nitrogens with one attached hydrogen (secondary N) is 1. The average molecular weight is 311 g/mol. The van der Waals surface area contributed by atoms with Crippen molar-refractivity contribution in [3.8, 4) is 5.75 Å². The molecule has 21 heavy (non-hydrogen) atoms. The fraction of sp³-hybridized carbons (Fsp3) is 0.812. The Morgan fingerprint density at radius 3 is 2.81 bits per heavy atom. The van der Waals surface area contributed by atoms with Crippen molar-refractivity contribution >= 4 is 11.8 Å². The van der Waals surface area contributed by atoms with Crippen LogP contribution in [-0.4, -0.2) is 34.9 Å². The van der Waals surface area contributed by atoms with E-state index in [0.717, 1.165) is 31.2 Å². The first-order valence-corrected chi connectivity index (χ1v) is 9.36. The molecule has 1 aromatic rings. The molecule has 2 heterocycles. The molecule has 1 N–H and O–H groups in total. The van der Waals surface area contributed by atoms with Crippen molar-refractivity contribution in [1.82, 2.24) is 15.1 Å². The fourth-order valence-electron chi connectivity index (χ4n) is 3.13. The second-order valence-electron chi connectivity index (χ2n) is 5.72. The fourth-order valence-corrected chi connectivity index (χ4v) is 4.33. The van der Waals surface area contributed by atoms with Crippen molar-refractivity contribution < 1.29 is 4.74 Å². The van der Waals surface area contributed by atoms with Gasteiger partial charge in [-0.1, -0.05) is 13.8 Å². The summed E-state index contributed by atoms with van der Waals surface area (Å²) in [6, 6.07) is 0.354. The van der Waals surface area contributed by atoms with Crippen LogP contribution in [0.2, 0.25) is 0 Å². The second kappa shape index (κ2) is 8.69. The second-order valence-corrected chi connectivity index (χ2v) is 6.95. The lowest BCUT2D eigenvalue weighted by Crippen LogP contribution is -2.27. The quantitative estimate of drug-likeness (QED) is 0.798. The normalized spacial score (nSPS) is 17.9. The van der Waals surface area contributed by atoms with Crippen LogP contribution in [-0.2, 0) is 6.54 Å². The van der Waals surface area contributed by atoms with Gasteiger partial charge in [-0.15, -0.1) is 0 Å². The van der Waals surface area contributed by atoms with Crippen LogP contribution >= 0.6 is 11.8 Å². The van der Waals surface area contributed by atoms with E-state index in [1.807, 2.05) is 6.20 Å². The molecule has 0 spiro atoms. The molecule has 0 saturated carbocycles. The molecule has 1 aliphatic rings. The topological polar surface area (TPSA) is 39.1 Å². The first-order chi connectivity index (χ1) is 10.3. The van der Waals surface area contributed by atoms with Crippen LogP contribution in [0.1, 0.15) is 51.3 Å². The first-order valence-electron chi connectivity index (χ1n) is 8.20. The molecule has 120 valence electrons. The van der Waals surface area contributed by atoms with Gasteiger partial charge in [-0.2, -0.15) is 16.9 Å². The Morgan fingerprint density at radius 2 is 2.19 bits per heavy atom. The smallest absolute Gasteiger partial charge is 0.161 e. The van der Waals surface area contributed by atoms with E-state index in [4.69, 9.17) is 4.74 Å². The summed E-state index contributed by atoms with van der Waals surface area (Å²) in [5.74, 6) is 4.38. The van der Waals surface area contributed by atoms with Gasteiger partial charge in [0.2, 0.25) is 0 Å². The molecule has 1 aliphatic heterocycles. The van der Waals surface area contributed by atoms with Gasteiger partial charge in [0.05, 0.1) is 25.0 Å². The maximum atomic E-state index is 5.56. The van der Waals surface area contributed by atoms with E-state index in [1.54, 1.807) is 7.11 Å². The van der Waals surface area contributed by atoms with Crippen LogP contribution in [0.3, 0.4) is 0 Å². The van der Waals surface area contributed by atoms with Gasteiger partial charge >= 0.3 is 0 Å². The molecule has 0 aromatic carbocycles. The predicted molar refractivity (Wildman–Crippen MR) is 90.2 cm³/mol. The number of ether oxygens (including phenoxy) is 1. The maximum absolute atomic E-state index is 5.56. The third-order valence-corrected chi connectivity index (χ3v) is 5.24. The highest BCUT2D eigenvalue weighted by molar-refractivity contribution is 7.99. The summed E-state index contributed by atoms with van der Waals surface area (Å²) in [6.07, 6.45) is 6.84. The molecule has 0 bridgehead atoms. The molecule has 0 radical (unpaired) electrons. The van der Waals surface area contributed by atoms with Crippen LogP contribution < -0.4 is 10.1 Å². The van der Waals surface area contributed by atoms with Crippen molar-refractivity contribution in [2.24, 2.45) is 5.92 Å². The summed E-state index contributed by atoms with van der Waals surface area (Å²) < 4.78 is 7.69. The van der Waals surface area contributed by atoms with Crippen molar-refractivity contribution in [2.75, 3.05) is 25.2 Å². The average Bonchev–Trinajstić information content (AvgIpc) is 2.91. The first kappa shape index (κ1) is 16.7. The SMILES string of the molecule is CCCn1ncc(OC)c1C(CC1CCSCC1)NCC. The Hall–Kier alpha value is -0.680. The predicted octanol–water partition coefficient (Wildman–Crippen LogP) is 3.49. The van der Waals surface area contributed by atoms with Gasteiger partial charge in [-0.3, -0.25) is 4.68 Å². The number of thioether (sulfide) groups is 1. The molecule has 1 unspecified atom stereocenters. The van der Waals surface area contributed by atoms with E-state index in [1.165, 1.54) is 36.5 Å². The molecule has 1 saturated heterocycles. The standard InChI is InChI=1S/C16H29N3OS/c1-4-8-19-16(15(20-3)12-18-19)14(17-5-2)11-13-6-9-21-10-7-13/h12-14,17H,4-11H2,1-3H3. The third-order valence-electron chi connectivity index (χ3n) is 4.19. The minimum Gasteiger partial charge on any atom is -0.493 e. The zero-order valence-electron chi connectivity index (χ0n) is 13.6. The van der Waals surface area contributed by atoms with Crippen LogP contribution in [0.15, 0.2) is 6.20 Å². The molecule has 1 fully saturated rings. The summed E-state index contributed by atoms with van der Waals surface area (Å²) >= 11 is 2.09. The van der Waals surface area contributed by atoms with Crippen molar-refractivity contribution in [3.05, 3.63) is 11.9 Å². The van der Waals surface area contributed by atoms with Gasteiger partial charge in [0.25, 0.3) is 0 Å². The van der Waals surface area contributed by atoms with Crippen LogP contribution in [0, 0.1) is 5.92 Å². The lowest BCUT2D eigenvalue weighted by atomic mass is 9.92. The van der Waals surface area contributed by atoms with Crippen molar-refractivity contribution in [3.63, 3.8) is 0 Å². The highest BCUT2D eigenvalue weighted by Gasteiger charge is 2.25. The lowest BCUT2D eigenvalue weighted by Gasteiger charge is -2.27. The van der Waals surface area contributed by atoms with Gasteiger partial charge < -0.3 is 10.1 Å². The highest BCUT2D eigenvalue weighted by atomic mass is 32.2. The summed E-state index contributed by atoms with van der Waals surface area (Å²) in [4.78, 5) is 0. The number of rotatable bonds is 8. The largest absolute Gasteiger partial charge is 0.493 e. The lowest BCUT2D eigenvalue weighted by molar-refractivity contribution is 0.340. The maximum Gasteiger partial charge on any atom is 0.161 e. The number of hydrogen-bond acceptors (Lipinski definition) is 4. The number of nitrogens with zero attached hydrogens (tertiary/aromatic N) is 2. The molecule has 4 nitrogen and oxygen atoms in total. The van der Waals surface area contributed by atoms with E-state index >= 15 is 0 Å².